The zero-order chi connectivity index (χ0) is 18.5. The molecule has 1 N–H and O–H groups in total. The summed E-state index contributed by atoms with van der Waals surface area (Å²) in [4.78, 5) is 25.8. The summed E-state index contributed by atoms with van der Waals surface area (Å²) >= 11 is 5.80. The van der Waals surface area contributed by atoms with Crippen LogP contribution in [0, 0.1) is 11.8 Å². The van der Waals surface area contributed by atoms with E-state index in [1.165, 1.54) is 4.90 Å². The number of fused-ring (bicyclic) bond motifs is 1. The molecule has 3 rings (SSSR count). The first-order valence-corrected chi connectivity index (χ1v) is 9.08. The highest BCUT2D eigenvalue weighted by Gasteiger charge is 2.47. The first kappa shape index (κ1) is 18.9. The van der Waals surface area contributed by atoms with Crippen LogP contribution in [-0.2, 0) is 14.3 Å². The van der Waals surface area contributed by atoms with Crippen molar-refractivity contribution in [3.63, 3.8) is 0 Å². The van der Waals surface area contributed by atoms with Crippen LogP contribution < -0.4 is 4.74 Å². The first-order chi connectivity index (χ1) is 12.6. The molecule has 1 heterocycles. The van der Waals surface area contributed by atoms with Crippen LogP contribution in [0.5, 0.6) is 5.75 Å². The topological polar surface area (TPSA) is 76.1 Å². The minimum atomic E-state index is -0.911. The highest BCUT2D eigenvalue weighted by atomic mass is 35.5. The molecule has 0 unspecified atom stereocenters. The largest absolute Gasteiger partial charge is 0.491 e. The third-order valence-corrected chi connectivity index (χ3v) is 4.86. The van der Waals surface area contributed by atoms with Gasteiger partial charge in [0.15, 0.2) is 0 Å². The molecule has 2 amide bonds. The fourth-order valence-corrected chi connectivity index (χ4v) is 3.41. The second-order valence-electron chi connectivity index (χ2n) is 6.47. The lowest BCUT2D eigenvalue weighted by molar-refractivity contribution is -0.142. The van der Waals surface area contributed by atoms with Crippen LogP contribution in [0.3, 0.4) is 0 Å². The number of likely N-dealkylation sites (tertiary alicyclic amines) is 1. The molecule has 1 aromatic carbocycles. The van der Waals surface area contributed by atoms with Crippen molar-refractivity contribution in [3.05, 3.63) is 41.4 Å². The van der Waals surface area contributed by atoms with E-state index in [2.05, 4.69) is 0 Å². The molecule has 0 spiro atoms. The second-order valence-corrected chi connectivity index (χ2v) is 6.91. The molecule has 1 fully saturated rings. The Labute approximate surface area is 157 Å². The van der Waals surface area contributed by atoms with E-state index in [-0.39, 0.29) is 43.4 Å². The van der Waals surface area contributed by atoms with Crippen molar-refractivity contribution < 1.29 is 24.2 Å². The Morgan fingerprint density at radius 1 is 1.08 bits per heavy atom. The van der Waals surface area contributed by atoms with Crippen LogP contribution in [0.15, 0.2) is 36.4 Å². The number of aliphatic hydroxyl groups is 1. The van der Waals surface area contributed by atoms with Crippen LogP contribution >= 0.6 is 11.6 Å². The standard InChI is InChI=1S/C19H22ClNO5/c20-13-5-7-15(8-6-13)26-10-9-25-12-14(22)11-21-18(23)16-3-1-2-4-17(16)19(21)24/h1-2,5-8,14,16-17,22H,3-4,9-12H2/t14-,16-,17-/m1/s1. The maximum Gasteiger partial charge on any atom is 0.233 e. The molecule has 3 atom stereocenters. The number of hydrogen-bond donors (Lipinski definition) is 1. The molecule has 2 aliphatic rings. The Morgan fingerprint density at radius 3 is 2.31 bits per heavy atom. The zero-order valence-corrected chi connectivity index (χ0v) is 15.1. The molecule has 0 bridgehead atoms. The molecule has 140 valence electrons. The lowest BCUT2D eigenvalue weighted by atomic mass is 9.85. The van der Waals surface area contributed by atoms with E-state index in [0.29, 0.717) is 30.2 Å². The summed E-state index contributed by atoms with van der Waals surface area (Å²) in [6, 6.07) is 6.99. The van der Waals surface area contributed by atoms with E-state index in [1.807, 2.05) is 12.2 Å². The Hall–Kier alpha value is -1.89. The molecule has 26 heavy (non-hydrogen) atoms. The van der Waals surface area contributed by atoms with Gasteiger partial charge in [-0.1, -0.05) is 23.8 Å². The van der Waals surface area contributed by atoms with E-state index >= 15 is 0 Å². The maximum absolute atomic E-state index is 12.3. The smallest absolute Gasteiger partial charge is 0.233 e. The van der Waals surface area contributed by atoms with Crippen molar-refractivity contribution in [2.75, 3.05) is 26.4 Å². The molecule has 1 saturated heterocycles. The van der Waals surface area contributed by atoms with Crippen molar-refractivity contribution in [2.24, 2.45) is 11.8 Å². The number of amides is 2. The minimum absolute atomic E-state index is 0.0251. The lowest BCUT2D eigenvalue weighted by Gasteiger charge is -2.19. The molecular formula is C19H22ClNO5. The highest BCUT2D eigenvalue weighted by Crippen LogP contribution is 2.35. The van der Waals surface area contributed by atoms with Gasteiger partial charge in [-0.3, -0.25) is 14.5 Å². The van der Waals surface area contributed by atoms with Crippen LogP contribution in [0.4, 0.5) is 0 Å². The van der Waals surface area contributed by atoms with Gasteiger partial charge in [0.05, 0.1) is 37.7 Å². The van der Waals surface area contributed by atoms with Crippen LogP contribution in [-0.4, -0.2) is 54.3 Å². The highest BCUT2D eigenvalue weighted by molar-refractivity contribution is 6.30. The normalized spacial score (nSPS) is 23.2. The van der Waals surface area contributed by atoms with Crippen LogP contribution in [0.2, 0.25) is 5.02 Å². The zero-order valence-electron chi connectivity index (χ0n) is 14.3. The Balaban J connectivity index is 1.36. The molecule has 1 aliphatic carbocycles. The van der Waals surface area contributed by atoms with Crippen molar-refractivity contribution in [3.8, 4) is 5.75 Å². The van der Waals surface area contributed by atoms with Crippen LogP contribution in [0.1, 0.15) is 12.8 Å². The van der Waals surface area contributed by atoms with Gasteiger partial charge in [0.1, 0.15) is 12.4 Å². The van der Waals surface area contributed by atoms with Gasteiger partial charge >= 0.3 is 0 Å². The number of rotatable bonds is 8. The van der Waals surface area contributed by atoms with E-state index in [9.17, 15) is 14.7 Å². The number of β-amino-alcohol motifs (C(OH)–C–C–N with tert-alkyl or cyclic N) is 1. The van der Waals surface area contributed by atoms with Gasteiger partial charge in [-0.05, 0) is 37.1 Å². The summed E-state index contributed by atoms with van der Waals surface area (Å²) < 4.78 is 10.9. The average Bonchev–Trinajstić information content (AvgIpc) is 2.88. The monoisotopic (exact) mass is 379 g/mol. The van der Waals surface area contributed by atoms with Crippen molar-refractivity contribution in [1.29, 1.82) is 0 Å². The Bertz CT molecular complexity index is 649. The fraction of sp³-hybridized carbons (Fsp3) is 0.474. The number of nitrogens with zero attached hydrogens (tertiary/aromatic N) is 1. The molecule has 0 aromatic heterocycles. The summed E-state index contributed by atoms with van der Waals surface area (Å²) in [5, 5.41) is 10.7. The van der Waals surface area contributed by atoms with E-state index in [1.54, 1.807) is 24.3 Å². The average molecular weight is 380 g/mol. The third kappa shape index (κ3) is 4.44. The van der Waals surface area contributed by atoms with Gasteiger partial charge < -0.3 is 14.6 Å². The van der Waals surface area contributed by atoms with Gasteiger partial charge in [0.2, 0.25) is 11.8 Å². The summed E-state index contributed by atoms with van der Waals surface area (Å²) in [5.74, 6) is -0.228. The van der Waals surface area contributed by atoms with Crippen molar-refractivity contribution >= 4 is 23.4 Å². The molecule has 1 aromatic rings. The molecule has 6 nitrogen and oxygen atoms in total. The number of imide groups is 1. The lowest BCUT2D eigenvalue weighted by Crippen LogP contribution is -2.39. The van der Waals surface area contributed by atoms with Gasteiger partial charge in [0.25, 0.3) is 0 Å². The summed E-state index contributed by atoms with van der Waals surface area (Å²) in [7, 11) is 0. The van der Waals surface area contributed by atoms with Gasteiger partial charge in [-0.15, -0.1) is 0 Å². The van der Waals surface area contributed by atoms with E-state index in [4.69, 9.17) is 21.1 Å². The quantitative estimate of drug-likeness (QED) is 0.425. The minimum Gasteiger partial charge on any atom is -0.491 e. The van der Waals surface area contributed by atoms with Gasteiger partial charge in [0, 0.05) is 5.02 Å². The Morgan fingerprint density at radius 2 is 1.69 bits per heavy atom. The third-order valence-electron chi connectivity index (χ3n) is 4.61. The SMILES string of the molecule is O=C1[C@@H]2CC=CC[C@H]2C(=O)N1C[C@@H](O)COCCOc1ccc(Cl)cc1. The molecule has 7 heteroatoms. The molecule has 0 saturated carbocycles. The van der Waals surface area contributed by atoms with Crippen LogP contribution in [0.25, 0.3) is 0 Å². The second kappa shape index (κ2) is 8.66. The first-order valence-electron chi connectivity index (χ1n) is 8.70. The number of allylic oxidation sites excluding steroid dienone is 2. The van der Waals surface area contributed by atoms with Gasteiger partial charge in [-0.2, -0.15) is 0 Å². The Kier molecular flexibility index (Phi) is 6.29. The number of carbonyl (C=O) groups is 2. The van der Waals surface area contributed by atoms with Gasteiger partial charge in [-0.25, -0.2) is 0 Å². The number of benzene rings is 1. The number of halogens is 1. The van der Waals surface area contributed by atoms with E-state index < -0.39 is 6.10 Å². The summed E-state index contributed by atoms with van der Waals surface area (Å²) in [5.41, 5.74) is 0. The van der Waals surface area contributed by atoms with Crippen molar-refractivity contribution in [2.45, 2.75) is 18.9 Å². The van der Waals surface area contributed by atoms with Crippen molar-refractivity contribution in [1.82, 2.24) is 4.90 Å². The number of ether oxygens (including phenoxy) is 2. The maximum atomic E-state index is 12.3. The fourth-order valence-electron chi connectivity index (χ4n) is 3.28. The number of hydrogen-bond acceptors (Lipinski definition) is 5. The summed E-state index contributed by atoms with van der Waals surface area (Å²) in [6.45, 7) is 0.625. The predicted octanol–water partition coefficient (Wildman–Crippen LogP) is 2.05. The summed E-state index contributed by atoms with van der Waals surface area (Å²) in [6.07, 6.45) is 4.17. The van der Waals surface area contributed by atoms with E-state index in [0.717, 1.165) is 0 Å². The number of aliphatic hydroxyl groups excluding tert-OH is 1. The molecule has 1 aliphatic heterocycles. The molecule has 0 radical (unpaired) electrons. The predicted molar refractivity (Wildman–Crippen MR) is 95.8 cm³/mol. The molecular weight excluding hydrogens is 358 g/mol. The number of carbonyl (C=O) groups excluding carboxylic acids is 2.